The number of anilines is 2. The zero-order valence-electron chi connectivity index (χ0n) is 11.0. The molecule has 0 saturated heterocycles. The van der Waals surface area contributed by atoms with Crippen LogP contribution < -0.4 is 11.1 Å². The van der Waals surface area contributed by atoms with Crippen LogP contribution in [-0.4, -0.2) is 16.0 Å². The second kappa shape index (κ2) is 5.67. The van der Waals surface area contributed by atoms with E-state index in [-0.39, 0.29) is 0 Å². The summed E-state index contributed by atoms with van der Waals surface area (Å²) in [5, 5.41) is 4.49. The molecule has 1 heterocycles. The smallest absolute Gasteiger partial charge is 0.137 e. The summed E-state index contributed by atoms with van der Waals surface area (Å²) in [6.45, 7) is 4.38. The molecule has 1 aromatic heterocycles. The van der Waals surface area contributed by atoms with Crippen LogP contribution in [0.4, 0.5) is 11.5 Å². The van der Waals surface area contributed by atoms with Crippen molar-refractivity contribution in [3.8, 4) is 0 Å². The molecule has 1 atom stereocenters. The highest BCUT2D eigenvalue weighted by Gasteiger charge is 2.09. The molecule has 0 amide bonds. The molecule has 18 heavy (non-hydrogen) atoms. The minimum absolute atomic E-state index is 0.453. The standard InChI is InChI=1S/C14H20N4/c1-3-5-11(4-2)18-14-12-8-10(15)6-7-13(12)16-9-17-14/h6-9,11H,3-5,15H2,1-2H3,(H,16,17,18). The molecule has 1 aromatic carbocycles. The molecule has 96 valence electrons. The second-order valence-corrected chi connectivity index (χ2v) is 4.54. The van der Waals surface area contributed by atoms with Crippen LogP contribution in [0.15, 0.2) is 24.5 Å². The first-order valence-electron chi connectivity index (χ1n) is 6.51. The van der Waals surface area contributed by atoms with Gasteiger partial charge in [-0.25, -0.2) is 9.97 Å². The molecule has 4 heteroatoms. The van der Waals surface area contributed by atoms with E-state index in [1.165, 1.54) is 0 Å². The fourth-order valence-electron chi connectivity index (χ4n) is 2.11. The van der Waals surface area contributed by atoms with Crippen molar-refractivity contribution >= 4 is 22.4 Å². The van der Waals surface area contributed by atoms with Crippen molar-refractivity contribution in [2.75, 3.05) is 11.1 Å². The molecule has 2 aromatic rings. The number of nitrogen functional groups attached to an aromatic ring is 1. The zero-order valence-corrected chi connectivity index (χ0v) is 11.0. The maximum Gasteiger partial charge on any atom is 0.137 e. The third-order valence-corrected chi connectivity index (χ3v) is 3.13. The lowest BCUT2D eigenvalue weighted by molar-refractivity contribution is 0.621. The van der Waals surface area contributed by atoms with Gasteiger partial charge in [0.2, 0.25) is 0 Å². The lowest BCUT2D eigenvalue weighted by atomic mass is 10.1. The van der Waals surface area contributed by atoms with Gasteiger partial charge in [0.1, 0.15) is 12.1 Å². The van der Waals surface area contributed by atoms with Gasteiger partial charge >= 0.3 is 0 Å². The average molecular weight is 244 g/mol. The lowest BCUT2D eigenvalue weighted by Crippen LogP contribution is -2.19. The van der Waals surface area contributed by atoms with Crippen molar-refractivity contribution in [3.05, 3.63) is 24.5 Å². The predicted octanol–water partition coefficient (Wildman–Crippen LogP) is 3.20. The third kappa shape index (κ3) is 2.70. The number of fused-ring (bicyclic) bond motifs is 1. The Morgan fingerprint density at radius 1 is 1.28 bits per heavy atom. The van der Waals surface area contributed by atoms with Crippen molar-refractivity contribution in [1.29, 1.82) is 0 Å². The van der Waals surface area contributed by atoms with Gasteiger partial charge in [0.05, 0.1) is 5.52 Å². The largest absolute Gasteiger partial charge is 0.399 e. The summed E-state index contributed by atoms with van der Waals surface area (Å²) in [6, 6.07) is 6.17. The van der Waals surface area contributed by atoms with Crippen molar-refractivity contribution in [3.63, 3.8) is 0 Å². The SMILES string of the molecule is CCCC(CC)Nc1ncnc2ccc(N)cc12. The number of nitrogens with zero attached hydrogens (tertiary/aromatic N) is 2. The summed E-state index contributed by atoms with van der Waals surface area (Å²) in [5.41, 5.74) is 7.50. The highest BCUT2D eigenvalue weighted by atomic mass is 15.0. The Hall–Kier alpha value is -1.84. The molecule has 0 radical (unpaired) electrons. The number of aromatic nitrogens is 2. The number of hydrogen-bond acceptors (Lipinski definition) is 4. The van der Waals surface area contributed by atoms with Gasteiger partial charge in [-0.05, 0) is 31.0 Å². The van der Waals surface area contributed by atoms with E-state index in [0.717, 1.165) is 41.7 Å². The van der Waals surface area contributed by atoms with Gasteiger partial charge in [-0.1, -0.05) is 20.3 Å². The Bertz CT molecular complexity index is 524. The Balaban J connectivity index is 2.34. The van der Waals surface area contributed by atoms with E-state index in [1.807, 2.05) is 18.2 Å². The molecular formula is C14H20N4. The highest BCUT2D eigenvalue weighted by molar-refractivity contribution is 5.91. The van der Waals surface area contributed by atoms with Crippen LogP contribution in [0.2, 0.25) is 0 Å². The molecule has 0 spiro atoms. The van der Waals surface area contributed by atoms with E-state index in [2.05, 4.69) is 29.1 Å². The quantitative estimate of drug-likeness (QED) is 0.793. The highest BCUT2D eigenvalue weighted by Crippen LogP contribution is 2.23. The Morgan fingerprint density at radius 3 is 2.83 bits per heavy atom. The van der Waals surface area contributed by atoms with Crippen LogP contribution in [0.25, 0.3) is 10.9 Å². The molecule has 0 bridgehead atoms. The van der Waals surface area contributed by atoms with Crippen LogP contribution >= 0.6 is 0 Å². The first-order chi connectivity index (χ1) is 8.74. The summed E-state index contributed by atoms with van der Waals surface area (Å²) < 4.78 is 0. The summed E-state index contributed by atoms with van der Waals surface area (Å²) in [4.78, 5) is 8.60. The van der Waals surface area contributed by atoms with E-state index in [0.29, 0.717) is 6.04 Å². The molecule has 1 unspecified atom stereocenters. The molecule has 0 aliphatic rings. The monoisotopic (exact) mass is 244 g/mol. The maximum absolute atomic E-state index is 5.83. The van der Waals surface area contributed by atoms with Gasteiger partial charge in [-0.15, -0.1) is 0 Å². The minimum atomic E-state index is 0.453. The van der Waals surface area contributed by atoms with Crippen LogP contribution in [0.1, 0.15) is 33.1 Å². The summed E-state index contributed by atoms with van der Waals surface area (Å²) in [5.74, 6) is 0.882. The minimum Gasteiger partial charge on any atom is -0.399 e. The van der Waals surface area contributed by atoms with Gasteiger partial charge < -0.3 is 11.1 Å². The van der Waals surface area contributed by atoms with E-state index in [9.17, 15) is 0 Å². The fraction of sp³-hybridized carbons (Fsp3) is 0.429. The predicted molar refractivity (Wildman–Crippen MR) is 76.6 cm³/mol. The normalized spacial score (nSPS) is 12.6. The Morgan fingerprint density at radius 2 is 2.11 bits per heavy atom. The van der Waals surface area contributed by atoms with Gasteiger partial charge in [-0.2, -0.15) is 0 Å². The van der Waals surface area contributed by atoms with Crippen molar-refractivity contribution in [2.45, 2.75) is 39.2 Å². The number of benzene rings is 1. The van der Waals surface area contributed by atoms with Gasteiger partial charge in [0, 0.05) is 17.1 Å². The number of rotatable bonds is 5. The van der Waals surface area contributed by atoms with E-state index in [1.54, 1.807) is 6.33 Å². The Kier molecular flexibility index (Phi) is 3.97. The molecular weight excluding hydrogens is 224 g/mol. The first-order valence-corrected chi connectivity index (χ1v) is 6.51. The number of nitrogens with two attached hydrogens (primary N) is 1. The van der Waals surface area contributed by atoms with Crippen molar-refractivity contribution < 1.29 is 0 Å². The van der Waals surface area contributed by atoms with Gasteiger partial charge in [-0.3, -0.25) is 0 Å². The van der Waals surface area contributed by atoms with Crippen LogP contribution in [-0.2, 0) is 0 Å². The summed E-state index contributed by atoms with van der Waals surface area (Å²) in [7, 11) is 0. The van der Waals surface area contributed by atoms with E-state index in [4.69, 9.17) is 5.73 Å². The fourth-order valence-corrected chi connectivity index (χ4v) is 2.11. The summed E-state index contributed by atoms with van der Waals surface area (Å²) >= 11 is 0. The van der Waals surface area contributed by atoms with Crippen LogP contribution in [0, 0.1) is 0 Å². The molecule has 0 fully saturated rings. The molecule has 0 aliphatic carbocycles. The van der Waals surface area contributed by atoms with Crippen LogP contribution in [0.3, 0.4) is 0 Å². The number of nitrogens with one attached hydrogen (secondary N) is 1. The molecule has 0 saturated carbocycles. The first kappa shape index (κ1) is 12.6. The van der Waals surface area contributed by atoms with Gasteiger partial charge in [0.25, 0.3) is 0 Å². The molecule has 3 N–H and O–H groups in total. The third-order valence-electron chi connectivity index (χ3n) is 3.13. The lowest BCUT2D eigenvalue weighted by Gasteiger charge is -2.17. The number of hydrogen-bond donors (Lipinski definition) is 2. The molecule has 0 aliphatic heterocycles. The maximum atomic E-state index is 5.83. The zero-order chi connectivity index (χ0) is 13.0. The average Bonchev–Trinajstić information content (AvgIpc) is 2.38. The van der Waals surface area contributed by atoms with E-state index >= 15 is 0 Å². The van der Waals surface area contributed by atoms with Crippen LogP contribution in [0.5, 0.6) is 0 Å². The summed E-state index contributed by atoms with van der Waals surface area (Å²) in [6.07, 6.45) is 4.99. The van der Waals surface area contributed by atoms with Gasteiger partial charge in [0.15, 0.2) is 0 Å². The molecule has 2 rings (SSSR count). The second-order valence-electron chi connectivity index (χ2n) is 4.54. The Labute approximate surface area is 108 Å². The van der Waals surface area contributed by atoms with E-state index < -0.39 is 0 Å². The van der Waals surface area contributed by atoms with Crippen molar-refractivity contribution in [2.24, 2.45) is 0 Å². The molecule has 4 nitrogen and oxygen atoms in total. The topological polar surface area (TPSA) is 63.8 Å². The van der Waals surface area contributed by atoms with Crippen molar-refractivity contribution in [1.82, 2.24) is 9.97 Å².